The number of hydrogen-bond donors (Lipinski definition) is 1. The number of ether oxygens (including phenoxy) is 1. The lowest BCUT2D eigenvalue weighted by molar-refractivity contribution is 0.0171. The smallest absolute Gasteiger partial charge is 0.124 e. The zero-order valence-electron chi connectivity index (χ0n) is 11.4. The van der Waals surface area contributed by atoms with Crippen LogP contribution in [-0.4, -0.2) is 5.60 Å². The van der Waals surface area contributed by atoms with Gasteiger partial charge in [-0.15, -0.1) is 0 Å². The number of nitrogens with two attached hydrogens (primary N) is 1. The van der Waals surface area contributed by atoms with Crippen LogP contribution in [0.1, 0.15) is 56.2 Å². The van der Waals surface area contributed by atoms with E-state index < -0.39 is 0 Å². The molecule has 2 nitrogen and oxygen atoms in total. The van der Waals surface area contributed by atoms with Crippen molar-refractivity contribution in [3.05, 3.63) is 29.3 Å². The fraction of sp³-hybridized carbons (Fsp3) is 0.625. The summed E-state index contributed by atoms with van der Waals surface area (Å²) < 4.78 is 6.27. The van der Waals surface area contributed by atoms with Gasteiger partial charge in [0, 0.05) is 18.0 Å². The van der Waals surface area contributed by atoms with E-state index in [-0.39, 0.29) is 11.6 Å². The van der Waals surface area contributed by atoms with Gasteiger partial charge < -0.3 is 10.5 Å². The minimum atomic E-state index is -0.0627. The van der Waals surface area contributed by atoms with Crippen molar-refractivity contribution in [3.8, 4) is 5.75 Å². The van der Waals surface area contributed by atoms with Crippen LogP contribution in [0.5, 0.6) is 5.75 Å². The van der Waals surface area contributed by atoms with Gasteiger partial charge in [0.2, 0.25) is 0 Å². The van der Waals surface area contributed by atoms with Gasteiger partial charge in [-0.25, -0.2) is 0 Å². The highest BCUT2D eigenvalue weighted by atomic mass is 16.5. The fourth-order valence-electron chi connectivity index (χ4n) is 3.37. The Labute approximate surface area is 110 Å². The van der Waals surface area contributed by atoms with Crippen molar-refractivity contribution in [3.63, 3.8) is 0 Å². The molecule has 0 amide bonds. The first-order valence-electron chi connectivity index (χ1n) is 7.11. The van der Waals surface area contributed by atoms with Gasteiger partial charge in [-0.1, -0.05) is 37.0 Å². The molecule has 0 saturated heterocycles. The van der Waals surface area contributed by atoms with E-state index in [1.54, 1.807) is 0 Å². The summed E-state index contributed by atoms with van der Waals surface area (Å²) in [5.41, 5.74) is 8.72. The number of benzene rings is 1. The van der Waals surface area contributed by atoms with Gasteiger partial charge in [0.25, 0.3) is 0 Å². The van der Waals surface area contributed by atoms with Crippen molar-refractivity contribution >= 4 is 0 Å². The van der Waals surface area contributed by atoms with Gasteiger partial charge in [0.05, 0.1) is 0 Å². The second-order valence-corrected chi connectivity index (χ2v) is 6.40. The zero-order chi connectivity index (χ0) is 12.8. The molecule has 1 aromatic rings. The predicted octanol–water partition coefficient (Wildman–Crippen LogP) is 3.73. The molecule has 0 spiro atoms. The molecule has 98 valence electrons. The third-order valence-electron chi connectivity index (χ3n) is 4.52. The molecule has 1 aliphatic carbocycles. The second-order valence-electron chi connectivity index (χ2n) is 6.40. The van der Waals surface area contributed by atoms with Gasteiger partial charge in [0.1, 0.15) is 11.4 Å². The first kappa shape index (κ1) is 12.0. The Balaban J connectivity index is 1.83. The van der Waals surface area contributed by atoms with Gasteiger partial charge in [-0.2, -0.15) is 0 Å². The van der Waals surface area contributed by atoms with Crippen molar-refractivity contribution in [2.45, 2.75) is 57.6 Å². The highest BCUT2D eigenvalue weighted by Crippen LogP contribution is 2.44. The van der Waals surface area contributed by atoms with Gasteiger partial charge in [0.15, 0.2) is 0 Å². The predicted molar refractivity (Wildman–Crippen MR) is 73.7 cm³/mol. The molecular weight excluding hydrogens is 222 g/mol. The van der Waals surface area contributed by atoms with E-state index in [9.17, 15) is 0 Å². The van der Waals surface area contributed by atoms with Crippen LogP contribution in [0.15, 0.2) is 18.2 Å². The SMILES string of the molecule is Cc1ccc2c(c1)[C@@H](N)CC(C)(CC1CCC1)O2. The molecular formula is C16H23NO. The molecule has 1 saturated carbocycles. The van der Waals surface area contributed by atoms with Crippen molar-refractivity contribution < 1.29 is 4.74 Å². The lowest BCUT2D eigenvalue weighted by Crippen LogP contribution is -2.42. The Morgan fingerprint density at radius 2 is 2.17 bits per heavy atom. The standard InChI is InChI=1S/C16H23NO/c1-11-6-7-15-13(8-11)14(17)10-16(2,18-15)9-12-4-3-5-12/h6-8,12,14H,3-5,9-10,17H2,1-2H3/t14-,16?/m0/s1. The van der Waals surface area contributed by atoms with Crippen LogP contribution in [0.25, 0.3) is 0 Å². The molecule has 18 heavy (non-hydrogen) atoms. The molecule has 1 unspecified atom stereocenters. The van der Waals surface area contributed by atoms with Crippen molar-refractivity contribution in [1.82, 2.24) is 0 Å². The Morgan fingerprint density at radius 3 is 2.83 bits per heavy atom. The highest BCUT2D eigenvalue weighted by Gasteiger charge is 2.38. The molecule has 1 aromatic carbocycles. The minimum Gasteiger partial charge on any atom is -0.487 e. The van der Waals surface area contributed by atoms with E-state index in [1.165, 1.54) is 30.4 Å². The average Bonchev–Trinajstić information content (AvgIpc) is 2.25. The normalized spacial score (nSPS) is 31.4. The third kappa shape index (κ3) is 2.14. The largest absolute Gasteiger partial charge is 0.487 e. The average molecular weight is 245 g/mol. The van der Waals surface area contributed by atoms with E-state index in [1.807, 2.05) is 0 Å². The number of rotatable bonds is 2. The van der Waals surface area contributed by atoms with E-state index in [0.717, 1.165) is 24.5 Å². The van der Waals surface area contributed by atoms with Crippen LogP contribution in [0, 0.1) is 12.8 Å². The van der Waals surface area contributed by atoms with Crippen LogP contribution < -0.4 is 10.5 Å². The molecule has 2 atom stereocenters. The monoisotopic (exact) mass is 245 g/mol. The summed E-state index contributed by atoms with van der Waals surface area (Å²) in [6.07, 6.45) is 6.24. The van der Waals surface area contributed by atoms with E-state index in [0.29, 0.717) is 0 Å². The summed E-state index contributed by atoms with van der Waals surface area (Å²) in [7, 11) is 0. The molecule has 0 bridgehead atoms. The summed E-state index contributed by atoms with van der Waals surface area (Å²) in [5, 5.41) is 0. The molecule has 1 fully saturated rings. The topological polar surface area (TPSA) is 35.2 Å². The number of fused-ring (bicyclic) bond motifs is 1. The molecule has 2 heteroatoms. The Kier molecular flexibility index (Phi) is 2.86. The summed E-state index contributed by atoms with van der Waals surface area (Å²) >= 11 is 0. The van der Waals surface area contributed by atoms with E-state index in [4.69, 9.17) is 10.5 Å². The molecule has 3 rings (SSSR count). The summed E-state index contributed by atoms with van der Waals surface area (Å²) in [6.45, 7) is 4.34. The number of aryl methyl sites for hydroxylation is 1. The molecule has 2 aliphatic rings. The van der Waals surface area contributed by atoms with Crippen LogP contribution in [0.2, 0.25) is 0 Å². The maximum Gasteiger partial charge on any atom is 0.124 e. The van der Waals surface area contributed by atoms with E-state index in [2.05, 4.69) is 32.0 Å². The Morgan fingerprint density at radius 1 is 1.39 bits per heavy atom. The van der Waals surface area contributed by atoms with Crippen molar-refractivity contribution in [1.29, 1.82) is 0 Å². The molecule has 0 aromatic heterocycles. The van der Waals surface area contributed by atoms with Gasteiger partial charge in [-0.05, 0) is 32.3 Å². The highest BCUT2D eigenvalue weighted by molar-refractivity contribution is 5.41. The van der Waals surface area contributed by atoms with Gasteiger partial charge >= 0.3 is 0 Å². The quantitative estimate of drug-likeness (QED) is 0.861. The van der Waals surface area contributed by atoms with Gasteiger partial charge in [-0.3, -0.25) is 0 Å². The van der Waals surface area contributed by atoms with Crippen LogP contribution in [0.3, 0.4) is 0 Å². The first-order valence-corrected chi connectivity index (χ1v) is 7.11. The second kappa shape index (κ2) is 4.27. The van der Waals surface area contributed by atoms with Crippen molar-refractivity contribution in [2.24, 2.45) is 11.7 Å². The lowest BCUT2D eigenvalue weighted by Gasteiger charge is -2.42. The molecule has 1 aliphatic heterocycles. The maximum absolute atomic E-state index is 6.35. The van der Waals surface area contributed by atoms with Crippen LogP contribution in [0.4, 0.5) is 0 Å². The van der Waals surface area contributed by atoms with Crippen LogP contribution in [-0.2, 0) is 0 Å². The first-order chi connectivity index (χ1) is 8.56. The maximum atomic E-state index is 6.35. The van der Waals surface area contributed by atoms with Crippen molar-refractivity contribution in [2.75, 3.05) is 0 Å². The molecule has 2 N–H and O–H groups in total. The number of hydrogen-bond acceptors (Lipinski definition) is 2. The Hall–Kier alpha value is -1.02. The lowest BCUT2D eigenvalue weighted by atomic mass is 9.74. The minimum absolute atomic E-state index is 0.0627. The third-order valence-corrected chi connectivity index (χ3v) is 4.52. The Bertz CT molecular complexity index is 452. The molecule has 0 radical (unpaired) electrons. The van der Waals surface area contributed by atoms with E-state index >= 15 is 0 Å². The molecule has 1 heterocycles. The van der Waals surface area contributed by atoms with Crippen LogP contribution >= 0.6 is 0 Å². The summed E-state index contributed by atoms with van der Waals surface area (Å²) in [6, 6.07) is 6.49. The zero-order valence-corrected chi connectivity index (χ0v) is 11.4. The summed E-state index contributed by atoms with van der Waals surface area (Å²) in [5.74, 6) is 1.86. The summed E-state index contributed by atoms with van der Waals surface area (Å²) in [4.78, 5) is 0. The fourth-order valence-corrected chi connectivity index (χ4v) is 3.37.